The van der Waals surface area contributed by atoms with Crippen LogP contribution in [0.3, 0.4) is 0 Å². The number of carbonyl (C=O) groups is 2. The Morgan fingerprint density at radius 2 is 1.19 bits per heavy atom. The van der Waals surface area contributed by atoms with Gasteiger partial charge in [-0.25, -0.2) is 0 Å². The predicted molar refractivity (Wildman–Crippen MR) is 150 cm³/mol. The highest BCUT2D eigenvalue weighted by Gasteiger charge is 2.28. The lowest BCUT2D eigenvalue weighted by atomic mass is 9.89. The van der Waals surface area contributed by atoms with Crippen molar-refractivity contribution in [2.75, 3.05) is 13.2 Å². The summed E-state index contributed by atoms with van der Waals surface area (Å²) >= 11 is 7.03. The number of nitrogens with one attached hydrogen (secondary N) is 2. The van der Waals surface area contributed by atoms with Gasteiger partial charge in [-0.05, 0) is 93.9 Å². The molecule has 0 heterocycles. The van der Waals surface area contributed by atoms with Crippen molar-refractivity contribution < 1.29 is 19.1 Å². The Morgan fingerprint density at radius 1 is 0.778 bits per heavy atom. The summed E-state index contributed by atoms with van der Waals surface area (Å²) in [6, 6.07) is 10.5. The standard InChI is InChI=1S/C28H36Br2N2O4/c1-3-5-15-35-25-13-11-19(17-21(25)29)27(33)31-23-9-7-8-10-24(23)32-28(34)20-12-14-26(22(30)18-20)36-16-6-4-2/h11-14,17-18,23-24H,3-10,15-16H2,1-2H3,(H,31,33)(H,32,34). The SMILES string of the molecule is CCCCOc1ccc(C(=O)NC2CCCCC2NC(=O)c2ccc(OCCCC)c(Br)c2)cc1Br. The van der Waals surface area contributed by atoms with Crippen molar-refractivity contribution in [3.05, 3.63) is 56.5 Å². The molecule has 1 saturated carbocycles. The van der Waals surface area contributed by atoms with Crippen LogP contribution < -0.4 is 20.1 Å². The summed E-state index contributed by atoms with van der Waals surface area (Å²) in [5, 5.41) is 6.29. The Balaban J connectivity index is 1.61. The molecule has 36 heavy (non-hydrogen) atoms. The Morgan fingerprint density at radius 3 is 1.56 bits per heavy atom. The van der Waals surface area contributed by atoms with Crippen LogP contribution in [0.4, 0.5) is 0 Å². The Kier molecular flexibility index (Phi) is 11.6. The Hall–Kier alpha value is -2.06. The first-order chi connectivity index (χ1) is 17.4. The summed E-state index contributed by atoms with van der Waals surface area (Å²) in [5.41, 5.74) is 1.12. The van der Waals surface area contributed by atoms with Gasteiger partial charge < -0.3 is 20.1 Å². The van der Waals surface area contributed by atoms with Gasteiger partial charge >= 0.3 is 0 Å². The maximum Gasteiger partial charge on any atom is 0.251 e. The minimum absolute atomic E-state index is 0.130. The van der Waals surface area contributed by atoms with E-state index in [-0.39, 0.29) is 23.9 Å². The van der Waals surface area contributed by atoms with Gasteiger partial charge in [0.2, 0.25) is 0 Å². The van der Waals surface area contributed by atoms with E-state index >= 15 is 0 Å². The van der Waals surface area contributed by atoms with Crippen LogP contribution in [0.5, 0.6) is 11.5 Å². The van der Waals surface area contributed by atoms with Crippen LogP contribution in [0, 0.1) is 0 Å². The molecular weight excluding hydrogens is 588 g/mol. The van der Waals surface area contributed by atoms with Gasteiger partial charge in [-0.1, -0.05) is 39.5 Å². The van der Waals surface area contributed by atoms with Gasteiger partial charge in [-0.3, -0.25) is 9.59 Å². The number of carbonyl (C=O) groups excluding carboxylic acids is 2. The lowest BCUT2D eigenvalue weighted by Crippen LogP contribution is -2.53. The van der Waals surface area contributed by atoms with Gasteiger partial charge in [0.25, 0.3) is 11.8 Å². The lowest BCUT2D eigenvalue weighted by Gasteiger charge is -2.33. The molecule has 196 valence electrons. The van der Waals surface area contributed by atoms with E-state index in [1.54, 1.807) is 24.3 Å². The van der Waals surface area contributed by atoms with E-state index < -0.39 is 0 Å². The quantitative estimate of drug-likeness (QED) is 0.249. The molecule has 2 N–H and O–H groups in total. The summed E-state index contributed by atoms with van der Waals surface area (Å²) in [7, 11) is 0. The molecule has 0 saturated heterocycles. The Labute approximate surface area is 231 Å². The summed E-state index contributed by atoms with van der Waals surface area (Å²) in [4.78, 5) is 26.0. The first-order valence-electron chi connectivity index (χ1n) is 12.9. The van der Waals surface area contributed by atoms with E-state index in [1.165, 1.54) is 0 Å². The van der Waals surface area contributed by atoms with Crippen molar-refractivity contribution in [1.82, 2.24) is 10.6 Å². The second-order valence-electron chi connectivity index (χ2n) is 9.14. The number of ether oxygens (including phenoxy) is 2. The molecule has 1 aliphatic carbocycles. The highest BCUT2D eigenvalue weighted by molar-refractivity contribution is 9.10. The van der Waals surface area contributed by atoms with Crippen LogP contribution in [0.25, 0.3) is 0 Å². The fourth-order valence-corrected chi connectivity index (χ4v) is 5.14. The third kappa shape index (κ3) is 8.23. The molecule has 0 bridgehead atoms. The van der Waals surface area contributed by atoms with Crippen LogP contribution in [0.2, 0.25) is 0 Å². The van der Waals surface area contributed by atoms with E-state index in [0.717, 1.165) is 71.8 Å². The molecule has 2 aromatic carbocycles. The molecule has 2 amide bonds. The highest BCUT2D eigenvalue weighted by atomic mass is 79.9. The predicted octanol–water partition coefficient (Wildman–Crippen LogP) is 7.04. The normalized spacial score (nSPS) is 17.3. The van der Waals surface area contributed by atoms with Crippen LogP contribution in [-0.4, -0.2) is 37.1 Å². The fraction of sp³-hybridized carbons (Fsp3) is 0.500. The molecule has 1 aliphatic rings. The molecular formula is C28H36Br2N2O4. The van der Waals surface area contributed by atoms with Gasteiger partial charge in [-0.15, -0.1) is 0 Å². The number of unbranched alkanes of at least 4 members (excludes halogenated alkanes) is 2. The van der Waals surface area contributed by atoms with Crippen molar-refractivity contribution in [2.24, 2.45) is 0 Å². The largest absolute Gasteiger partial charge is 0.492 e. The molecule has 6 nitrogen and oxygen atoms in total. The molecule has 2 atom stereocenters. The molecule has 0 radical (unpaired) electrons. The van der Waals surface area contributed by atoms with Crippen LogP contribution in [-0.2, 0) is 0 Å². The van der Waals surface area contributed by atoms with Crippen LogP contribution in [0.15, 0.2) is 45.3 Å². The lowest BCUT2D eigenvalue weighted by molar-refractivity contribution is 0.0862. The third-order valence-corrected chi connectivity index (χ3v) is 7.54. The van der Waals surface area contributed by atoms with Crippen molar-refractivity contribution >= 4 is 43.7 Å². The molecule has 2 unspecified atom stereocenters. The molecule has 2 aromatic rings. The third-order valence-electron chi connectivity index (χ3n) is 6.30. The molecule has 8 heteroatoms. The van der Waals surface area contributed by atoms with Crippen molar-refractivity contribution in [3.63, 3.8) is 0 Å². The van der Waals surface area contributed by atoms with Gasteiger partial charge in [-0.2, -0.15) is 0 Å². The van der Waals surface area contributed by atoms with E-state index in [4.69, 9.17) is 9.47 Å². The molecule has 3 rings (SSSR count). The average Bonchev–Trinajstić information content (AvgIpc) is 2.87. The van der Waals surface area contributed by atoms with E-state index in [2.05, 4.69) is 56.3 Å². The number of halogens is 2. The number of rotatable bonds is 12. The second kappa shape index (κ2) is 14.6. The summed E-state index contributed by atoms with van der Waals surface area (Å²) in [5.74, 6) is 1.16. The zero-order chi connectivity index (χ0) is 25.9. The minimum atomic E-state index is -0.154. The zero-order valence-corrected chi connectivity index (χ0v) is 24.3. The number of benzene rings is 2. The van der Waals surface area contributed by atoms with E-state index in [1.807, 2.05) is 12.1 Å². The smallest absolute Gasteiger partial charge is 0.251 e. The molecule has 0 spiro atoms. The van der Waals surface area contributed by atoms with Gasteiger partial charge in [0.05, 0.1) is 22.2 Å². The zero-order valence-electron chi connectivity index (χ0n) is 21.1. The number of amides is 2. The first kappa shape index (κ1) is 28.5. The topological polar surface area (TPSA) is 76.7 Å². The highest BCUT2D eigenvalue weighted by Crippen LogP contribution is 2.28. The van der Waals surface area contributed by atoms with Crippen LogP contribution in [0.1, 0.15) is 85.9 Å². The summed E-state index contributed by atoms with van der Waals surface area (Å²) < 4.78 is 13.0. The summed E-state index contributed by atoms with van der Waals surface area (Å²) in [6.07, 6.45) is 7.77. The molecule has 1 fully saturated rings. The van der Waals surface area contributed by atoms with E-state index in [0.29, 0.717) is 24.3 Å². The van der Waals surface area contributed by atoms with Gasteiger partial charge in [0.1, 0.15) is 11.5 Å². The molecule has 0 aromatic heterocycles. The van der Waals surface area contributed by atoms with Crippen LogP contribution >= 0.6 is 31.9 Å². The number of hydrogen-bond acceptors (Lipinski definition) is 4. The summed E-state index contributed by atoms with van der Waals surface area (Å²) in [6.45, 7) is 5.53. The van der Waals surface area contributed by atoms with Gasteiger partial charge in [0, 0.05) is 23.2 Å². The molecule has 0 aliphatic heterocycles. The van der Waals surface area contributed by atoms with Crippen molar-refractivity contribution in [1.29, 1.82) is 0 Å². The minimum Gasteiger partial charge on any atom is -0.492 e. The maximum atomic E-state index is 13.0. The van der Waals surface area contributed by atoms with E-state index in [9.17, 15) is 9.59 Å². The maximum absolute atomic E-state index is 13.0. The van der Waals surface area contributed by atoms with Crippen molar-refractivity contribution in [2.45, 2.75) is 77.3 Å². The van der Waals surface area contributed by atoms with Crippen molar-refractivity contribution in [3.8, 4) is 11.5 Å². The van der Waals surface area contributed by atoms with Gasteiger partial charge in [0.15, 0.2) is 0 Å². The monoisotopic (exact) mass is 622 g/mol. The first-order valence-corrected chi connectivity index (χ1v) is 14.5. The Bertz CT molecular complexity index is 949. The average molecular weight is 624 g/mol. The second-order valence-corrected chi connectivity index (χ2v) is 10.8. The number of hydrogen-bond donors (Lipinski definition) is 2. The fourth-order valence-electron chi connectivity index (χ4n) is 4.15.